The van der Waals surface area contributed by atoms with E-state index in [1.807, 2.05) is 48.7 Å². The van der Waals surface area contributed by atoms with Crippen LogP contribution in [0.5, 0.6) is 0 Å². The first-order valence-electron chi connectivity index (χ1n) is 6.08. The molecule has 1 aliphatic rings. The SMILES string of the molecule is O=C1CC(c2ccccc2)=CN1c1ccc(Cl)cc1. The number of carbonyl (C=O) groups is 1. The van der Waals surface area contributed by atoms with Gasteiger partial charge in [0, 0.05) is 16.9 Å². The molecule has 0 atom stereocenters. The summed E-state index contributed by atoms with van der Waals surface area (Å²) in [4.78, 5) is 13.8. The first-order valence-corrected chi connectivity index (χ1v) is 6.45. The Hall–Kier alpha value is -2.06. The second kappa shape index (κ2) is 4.90. The summed E-state index contributed by atoms with van der Waals surface area (Å²) in [6, 6.07) is 17.2. The van der Waals surface area contributed by atoms with Crippen molar-refractivity contribution in [3.63, 3.8) is 0 Å². The quantitative estimate of drug-likeness (QED) is 0.803. The van der Waals surface area contributed by atoms with E-state index in [4.69, 9.17) is 11.6 Å². The Kier molecular flexibility index (Phi) is 3.10. The topological polar surface area (TPSA) is 20.3 Å². The van der Waals surface area contributed by atoms with Gasteiger partial charge < -0.3 is 0 Å². The number of hydrogen-bond acceptors (Lipinski definition) is 1. The molecule has 0 saturated heterocycles. The Morgan fingerprint density at radius 2 is 1.63 bits per heavy atom. The van der Waals surface area contributed by atoms with Crippen molar-refractivity contribution in [2.24, 2.45) is 0 Å². The monoisotopic (exact) mass is 269 g/mol. The molecule has 0 unspecified atom stereocenters. The zero-order valence-electron chi connectivity index (χ0n) is 10.2. The molecule has 0 radical (unpaired) electrons. The van der Waals surface area contributed by atoms with Crippen LogP contribution in [0.1, 0.15) is 12.0 Å². The lowest BCUT2D eigenvalue weighted by molar-refractivity contribution is -0.116. The Bertz CT molecular complexity index is 632. The van der Waals surface area contributed by atoms with Crippen LogP contribution >= 0.6 is 11.6 Å². The molecule has 0 fully saturated rings. The number of hydrogen-bond donors (Lipinski definition) is 0. The summed E-state index contributed by atoms with van der Waals surface area (Å²) in [7, 11) is 0. The highest BCUT2D eigenvalue weighted by molar-refractivity contribution is 6.30. The van der Waals surface area contributed by atoms with E-state index < -0.39 is 0 Å². The van der Waals surface area contributed by atoms with Gasteiger partial charge >= 0.3 is 0 Å². The van der Waals surface area contributed by atoms with E-state index in [0.29, 0.717) is 11.4 Å². The molecule has 0 aliphatic carbocycles. The van der Waals surface area contributed by atoms with E-state index in [2.05, 4.69) is 0 Å². The zero-order chi connectivity index (χ0) is 13.2. The van der Waals surface area contributed by atoms with E-state index in [1.165, 1.54) is 0 Å². The van der Waals surface area contributed by atoms with E-state index in [1.54, 1.807) is 17.0 Å². The lowest BCUT2D eigenvalue weighted by Gasteiger charge is -2.12. The third-order valence-corrected chi connectivity index (χ3v) is 3.40. The predicted octanol–water partition coefficient (Wildman–Crippen LogP) is 4.12. The summed E-state index contributed by atoms with van der Waals surface area (Å²) in [6.07, 6.45) is 2.34. The zero-order valence-corrected chi connectivity index (χ0v) is 11.0. The first-order chi connectivity index (χ1) is 9.24. The Morgan fingerprint density at radius 1 is 0.947 bits per heavy atom. The van der Waals surface area contributed by atoms with Crippen molar-refractivity contribution in [1.29, 1.82) is 0 Å². The average Bonchev–Trinajstić information content (AvgIpc) is 2.83. The van der Waals surface area contributed by atoms with E-state index >= 15 is 0 Å². The molecule has 0 N–H and O–H groups in total. The van der Waals surface area contributed by atoms with Gasteiger partial charge in [0.05, 0.1) is 6.42 Å². The molecule has 2 nitrogen and oxygen atoms in total. The summed E-state index contributed by atoms with van der Waals surface area (Å²) in [6.45, 7) is 0. The van der Waals surface area contributed by atoms with Gasteiger partial charge in [-0.3, -0.25) is 9.69 Å². The molecule has 1 heterocycles. The molecule has 94 valence electrons. The van der Waals surface area contributed by atoms with Crippen LogP contribution in [0.4, 0.5) is 5.69 Å². The average molecular weight is 270 g/mol. The molecule has 2 aromatic rings. The third kappa shape index (κ3) is 2.40. The molecular formula is C16H12ClNO. The van der Waals surface area contributed by atoms with Gasteiger partial charge in [0.1, 0.15) is 0 Å². The Labute approximate surface area is 116 Å². The smallest absolute Gasteiger partial charge is 0.235 e. The maximum Gasteiger partial charge on any atom is 0.235 e. The number of amides is 1. The molecule has 0 aromatic heterocycles. The van der Waals surface area contributed by atoms with Gasteiger partial charge in [-0.25, -0.2) is 0 Å². The number of rotatable bonds is 2. The molecule has 0 saturated carbocycles. The highest BCUT2D eigenvalue weighted by atomic mass is 35.5. The number of anilines is 1. The van der Waals surface area contributed by atoms with Crippen LogP contribution in [0.2, 0.25) is 5.02 Å². The van der Waals surface area contributed by atoms with E-state index in [9.17, 15) is 4.79 Å². The van der Waals surface area contributed by atoms with Crippen LogP contribution in [0.25, 0.3) is 5.57 Å². The van der Waals surface area contributed by atoms with Crippen molar-refractivity contribution in [1.82, 2.24) is 0 Å². The molecule has 0 bridgehead atoms. The highest BCUT2D eigenvalue weighted by Crippen LogP contribution is 2.30. The van der Waals surface area contributed by atoms with Gasteiger partial charge in [-0.05, 0) is 35.4 Å². The van der Waals surface area contributed by atoms with Crippen LogP contribution < -0.4 is 4.90 Å². The fourth-order valence-corrected chi connectivity index (χ4v) is 2.30. The Morgan fingerprint density at radius 3 is 2.32 bits per heavy atom. The minimum absolute atomic E-state index is 0.0844. The predicted molar refractivity (Wildman–Crippen MR) is 78.0 cm³/mol. The number of carbonyl (C=O) groups excluding carboxylic acids is 1. The summed E-state index contributed by atoms with van der Waals surface area (Å²) >= 11 is 5.86. The third-order valence-electron chi connectivity index (χ3n) is 3.14. The van der Waals surface area contributed by atoms with Crippen LogP contribution in [-0.4, -0.2) is 5.91 Å². The van der Waals surface area contributed by atoms with Gasteiger partial charge in [0.15, 0.2) is 0 Å². The fourth-order valence-electron chi connectivity index (χ4n) is 2.17. The van der Waals surface area contributed by atoms with E-state index in [-0.39, 0.29) is 5.91 Å². The number of nitrogens with zero attached hydrogens (tertiary/aromatic N) is 1. The molecule has 2 aromatic carbocycles. The summed E-state index contributed by atoms with van der Waals surface area (Å²) in [5.41, 5.74) is 2.98. The van der Waals surface area contributed by atoms with Crippen LogP contribution in [0.15, 0.2) is 60.8 Å². The van der Waals surface area contributed by atoms with Crippen molar-refractivity contribution >= 4 is 28.8 Å². The van der Waals surface area contributed by atoms with Crippen molar-refractivity contribution in [3.8, 4) is 0 Å². The van der Waals surface area contributed by atoms with Gasteiger partial charge in [0.2, 0.25) is 5.91 Å². The van der Waals surface area contributed by atoms with Crippen molar-refractivity contribution in [2.75, 3.05) is 4.90 Å². The molecule has 1 amide bonds. The van der Waals surface area contributed by atoms with Gasteiger partial charge in [-0.15, -0.1) is 0 Å². The van der Waals surface area contributed by atoms with Gasteiger partial charge in [0.25, 0.3) is 0 Å². The molecule has 3 rings (SSSR count). The highest BCUT2D eigenvalue weighted by Gasteiger charge is 2.23. The fraction of sp³-hybridized carbons (Fsp3) is 0.0625. The summed E-state index contributed by atoms with van der Waals surface area (Å²) in [5.74, 6) is 0.0844. The van der Waals surface area contributed by atoms with Crippen LogP contribution in [0, 0.1) is 0 Å². The van der Waals surface area contributed by atoms with Gasteiger partial charge in [-0.2, -0.15) is 0 Å². The molecule has 1 aliphatic heterocycles. The van der Waals surface area contributed by atoms with Crippen molar-refractivity contribution in [2.45, 2.75) is 6.42 Å². The van der Waals surface area contributed by atoms with E-state index in [0.717, 1.165) is 16.8 Å². The van der Waals surface area contributed by atoms with Crippen LogP contribution in [-0.2, 0) is 4.79 Å². The van der Waals surface area contributed by atoms with Crippen LogP contribution in [0.3, 0.4) is 0 Å². The number of benzene rings is 2. The van der Waals surface area contributed by atoms with Crippen molar-refractivity contribution < 1.29 is 4.79 Å². The minimum atomic E-state index is 0.0844. The van der Waals surface area contributed by atoms with Gasteiger partial charge in [-0.1, -0.05) is 41.9 Å². The normalized spacial score (nSPS) is 14.7. The summed E-state index contributed by atoms with van der Waals surface area (Å²) in [5, 5.41) is 0.669. The lowest BCUT2D eigenvalue weighted by atomic mass is 10.1. The largest absolute Gasteiger partial charge is 0.287 e. The molecule has 19 heavy (non-hydrogen) atoms. The molecule has 0 spiro atoms. The molecule has 3 heteroatoms. The Balaban J connectivity index is 1.93. The summed E-state index contributed by atoms with van der Waals surface area (Å²) < 4.78 is 0. The molecular weight excluding hydrogens is 258 g/mol. The number of halogens is 1. The van der Waals surface area contributed by atoms with Crippen molar-refractivity contribution in [3.05, 3.63) is 71.4 Å². The second-order valence-corrected chi connectivity index (χ2v) is 4.87. The lowest BCUT2D eigenvalue weighted by Crippen LogP contribution is -2.19. The minimum Gasteiger partial charge on any atom is -0.287 e. The second-order valence-electron chi connectivity index (χ2n) is 4.44. The maximum absolute atomic E-state index is 12.1. The maximum atomic E-state index is 12.1. The first kappa shape index (κ1) is 12.0. The standard InChI is InChI=1S/C16H12ClNO/c17-14-6-8-15(9-7-14)18-11-13(10-16(18)19)12-4-2-1-3-5-12/h1-9,11H,10H2.